The Bertz CT molecular complexity index is 53.7. The quantitative estimate of drug-likeness (QED) is 0.327. The zero-order valence-corrected chi connectivity index (χ0v) is 6.50. The summed E-state index contributed by atoms with van der Waals surface area (Å²) in [5.41, 5.74) is 0. The van der Waals surface area contributed by atoms with E-state index in [0.29, 0.717) is 8.50 Å². The molecule has 0 aromatic heterocycles. The van der Waals surface area contributed by atoms with Gasteiger partial charge in [-0.1, -0.05) is 21.1 Å². The van der Waals surface area contributed by atoms with E-state index >= 15 is 0 Å². The van der Waals surface area contributed by atoms with Crippen LogP contribution in [0.2, 0.25) is 0 Å². The Kier molecular flexibility index (Phi) is 7.08. The molecule has 7 heavy (non-hydrogen) atoms. The Morgan fingerprint density at radius 3 is 3.00 bits per heavy atom. The highest BCUT2D eigenvalue weighted by atomic mass is 32.0. The molecule has 0 N–H and O–H groups in total. The minimum atomic E-state index is 0.533. The Morgan fingerprint density at radius 1 is 1.86 bits per heavy atom. The number of hydrogen-bond acceptors (Lipinski definition) is 1. The van der Waals surface area contributed by atoms with E-state index in [2.05, 4.69) is 8.93 Å². The van der Waals surface area contributed by atoms with Gasteiger partial charge in [0.1, 0.15) is 0 Å². The van der Waals surface area contributed by atoms with Crippen LogP contribution in [-0.2, 0) is 4.52 Å². The Hall–Kier alpha value is 0.560. The molecule has 2 unspecified atom stereocenters. The van der Waals surface area contributed by atoms with Crippen LogP contribution in [0.3, 0.4) is 0 Å². The lowest BCUT2D eigenvalue weighted by molar-refractivity contribution is 0.424. The molecular formula is C4H10OP2. The third-order valence-corrected chi connectivity index (χ3v) is 1.33. The largest absolute Gasteiger partial charge is 0.354 e. The van der Waals surface area contributed by atoms with Crippen LogP contribution in [0.15, 0.2) is 12.2 Å². The lowest BCUT2D eigenvalue weighted by Gasteiger charge is -1.89. The standard InChI is InChI=1S/C4H10OP2/c1-2-3-4-5-7-6/h2-3,7H,4,6H2,1H3/b3-2-. The molecule has 0 aromatic rings. The second kappa shape index (κ2) is 6.56. The van der Waals surface area contributed by atoms with Gasteiger partial charge in [0.25, 0.3) is 0 Å². The highest BCUT2D eigenvalue weighted by molar-refractivity contribution is 8.00. The van der Waals surface area contributed by atoms with E-state index in [1.807, 2.05) is 19.1 Å². The first-order valence-electron chi connectivity index (χ1n) is 2.10. The molecule has 0 radical (unpaired) electrons. The summed E-state index contributed by atoms with van der Waals surface area (Å²) in [5.74, 6) is 0. The molecule has 2 atom stereocenters. The Balaban J connectivity index is 2.69. The topological polar surface area (TPSA) is 9.23 Å². The smallest absolute Gasteiger partial charge is 0.0691 e. The molecule has 0 spiro atoms. The normalized spacial score (nSPS) is 12.3. The van der Waals surface area contributed by atoms with Gasteiger partial charge in [0, 0.05) is 8.50 Å². The maximum absolute atomic E-state index is 4.98. The first-order chi connectivity index (χ1) is 3.41. The summed E-state index contributed by atoms with van der Waals surface area (Å²) in [6.45, 7) is 2.73. The Morgan fingerprint density at radius 2 is 2.57 bits per heavy atom. The molecule has 42 valence electrons. The van der Waals surface area contributed by atoms with Crippen LogP contribution in [-0.4, -0.2) is 6.61 Å². The van der Waals surface area contributed by atoms with E-state index in [-0.39, 0.29) is 0 Å². The fraction of sp³-hybridized carbons (Fsp3) is 0.500. The second-order valence-corrected chi connectivity index (χ2v) is 2.23. The van der Waals surface area contributed by atoms with Crippen molar-refractivity contribution >= 4 is 17.4 Å². The molecule has 0 aliphatic rings. The fourth-order valence-electron chi connectivity index (χ4n) is 0.192. The van der Waals surface area contributed by atoms with Gasteiger partial charge in [0.05, 0.1) is 6.61 Å². The summed E-state index contributed by atoms with van der Waals surface area (Å²) in [6.07, 6.45) is 3.96. The molecule has 0 aromatic carbocycles. The zero-order chi connectivity index (χ0) is 5.54. The van der Waals surface area contributed by atoms with Gasteiger partial charge < -0.3 is 4.52 Å². The first kappa shape index (κ1) is 7.56. The SMILES string of the molecule is C/C=C\COPP. The zero-order valence-electron chi connectivity index (χ0n) is 4.35. The van der Waals surface area contributed by atoms with Crippen LogP contribution in [0, 0.1) is 0 Å². The summed E-state index contributed by atoms with van der Waals surface area (Å²) < 4.78 is 4.98. The number of allylic oxidation sites excluding steroid dienone is 1. The summed E-state index contributed by atoms with van der Waals surface area (Å²) >= 11 is 0. The molecule has 3 heteroatoms. The van der Waals surface area contributed by atoms with Gasteiger partial charge in [-0.05, 0) is 6.92 Å². The van der Waals surface area contributed by atoms with Crippen LogP contribution < -0.4 is 0 Å². The molecule has 0 bridgehead atoms. The van der Waals surface area contributed by atoms with E-state index in [9.17, 15) is 0 Å². The van der Waals surface area contributed by atoms with E-state index in [0.717, 1.165) is 6.61 Å². The predicted molar refractivity (Wildman–Crippen MR) is 38.8 cm³/mol. The average molecular weight is 136 g/mol. The molecule has 0 aliphatic carbocycles. The van der Waals surface area contributed by atoms with Gasteiger partial charge in [-0.25, -0.2) is 0 Å². The molecule has 0 aliphatic heterocycles. The van der Waals surface area contributed by atoms with Crippen molar-refractivity contribution in [3.63, 3.8) is 0 Å². The van der Waals surface area contributed by atoms with Crippen LogP contribution >= 0.6 is 17.4 Å². The van der Waals surface area contributed by atoms with Crippen LogP contribution in [0.25, 0.3) is 0 Å². The maximum Gasteiger partial charge on any atom is 0.0691 e. The van der Waals surface area contributed by atoms with Crippen LogP contribution in [0.4, 0.5) is 0 Å². The summed E-state index contributed by atoms with van der Waals surface area (Å²) in [5, 5.41) is 0. The van der Waals surface area contributed by atoms with Crippen molar-refractivity contribution in [3.05, 3.63) is 12.2 Å². The minimum absolute atomic E-state index is 0.533. The number of rotatable bonds is 3. The minimum Gasteiger partial charge on any atom is -0.354 e. The Labute approximate surface area is 48.5 Å². The third-order valence-electron chi connectivity index (χ3n) is 0.499. The van der Waals surface area contributed by atoms with Crippen molar-refractivity contribution < 1.29 is 4.52 Å². The summed E-state index contributed by atoms with van der Waals surface area (Å²) in [7, 11) is 3.05. The molecule has 0 saturated heterocycles. The lowest BCUT2D eigenvalue weighted by Crippen LogP contribution is -1.71. The molecule has 0 saturated carbocycles. The van der Waals surface area contributed by atoms with Crippen molar-refractivity contribution in [1.29, 1.82) is 0 Å². The maximum atomic E-state index is 4.98. The van der Waals surface area contributed by atoms with E-state index in [4.69, 9.17) is 4.52 Å². The summed E-state index contributed by atoms with van der Waals surface area (Å²) in [4.78, 5) is 0. The van der Waals surface area contributed by atoms with Crippen LogP contribution in [0.5, 0.6) is 0 Å². The van der Waals surface area contributed by atoms with Crippen molar-refractivity contribution in [2.75, 3.05) is 6.61 Å². The van der Waals surface area contributed by atoms with E-state index in [1.165, 1.54) is 0 Å². The van der Waals surface area contributed by atoms with Gasteiger partial charge in [0.2, 0.25) is 0 Å². The van der Waals surface area contributed by atoms with E-state index in [1.54, 1.807) is 0 Å². The highest BCUT2D eigenvalue weighted by Gasteiger charge is 1.70. The van der Waals surface area contributed by atoms with Gasteiger partial charge in [0.15, 0.2) is 0 Å². The summed E-state index contributed by atoms with van der Waals surface area (Å²) in [6, 6.07) is 0. The van der Waals surface area contributed by atoms with E-state index < -0.39 is 0 Å². The predicted octanol–water partition coefficient (Wildman–Crippen LogP) is 1.96. The highest BCUT2D eigenvalue weighted by Crippen LogP contribution is 2.20. The third kappa shape index (κ3) is 6.56. The van der Waals surface area contributed by atoms with Gasteiger partial charge >= 0.3 is 0 Å². The van der Waals surface area contributed by atoms with Gasteiger partial charge in [-0.3, -0.25) is 0 Å². The molecule has 0 fully saturated rings. The molecular weight excluding hydrogens is 126 g/mol. The lowest BCUT2D eigenvalue weighted by atomic mass is 10.6. The molecule has 1 nitrogen and oxygen atoms in total. The average Bonchev–Trinajstić information content (AvgIpc) is 1.69. The van der Waals surface area contributed by atoms with Crippen molar-refractivity contribution in [3.8, 4) is 0 Å². The second-order valence-electron chi connectivity index (χ2n) is 0.998. The van der Waals surface area contributed by atoms with Crippen molar-refractivity contribution in [2.24, 2.45) is 0 Å². The van der Waals surface area contributed by atoms with Crippen molar-refractivity contribution in [2.45, 2.75) is 6.92 Å². The molecule has 0 heterocycles. The van der Waals surface area contributed by atoms with Gasteiger partial charge in [-0.2, -0.15) is 0 Å². The monoisotopic (exact) mass is 136 g/mol. The van der Waals surface area contributed by atoms with Crippen LogP contribution in [0.1, 0.15) is 6.92 Å². The molecule has 0 amide bonds. The van der Waals surface area contributed by atoms with Crippen molar-refractivity contribution in [1.82, 2.24) is 0 Å². The fourth-order valence-corrected chi connectivity index (χ4v) is 0.674. The number of hydrogen-bond donors (Lipinski definition) is 0. The first-order valence-corrected chi connectivity index (χ1v) is 4.82. The van der Waals surface area contributed by atoms with Gasteiger partial charge in [-0.15, -0.1) is 0 Å². The molecule has 0 rings (SSSR count).